The Morgan fingerprint density at radius 2 is 1.67 bits per heavy atom. The fraction of sp³-hybridized carbons (Fsp3) is 0.385. The Hall–Kier alpha value is -2.64. The Balaban J connectivity index is 2.49. The number of carbonyl (C=O) groups is 3. The van der Waals surface area contributed by atoms with Crippen LogP contribution >= 0.6 is 0 Å². The maximum Gasteiger partial charge on any atom is 0.359 e. The van der Waals surface area contributed by atoms with Crippen LogP contribution in [-0.4, -0.2) is 49.0 Å². The van der Waals surface area contributed by atoms with E-state index in [2.05, 4.69) is 19.3 Å². The van der Waals surface area contributed by atoms with Gasteiger partial charge in [0.2, 0.25) is 0 Å². The molecule has 0 amide bonds. The summed E-state index contributed by atoms with van der Waals surface area (Å²) in [5.41, 5.74) is 0.703. The molecule has 2 rings (SSSR count). The number of hydrogen-bond acceptors (Lipinski definition) is 7. The molecule has 0 bridgehead atoms. The van der Waals surface area contributed by atoms with Crippen LogP contribution in [0, 0.1) is 0 Å². The smallest absolute Gasteiger partial charge is 0.359 e. The first-order chi connectivity index (χ1) is 10.0. The van der Waals surface area contributed by atoms with E-state index in [4.69, 9.17) is 0 Å². The van der Waals surface area contributed by atoms with Gasteiger partial charge in [0.1, 0.15) is 5.56 Å². The summed E-state index contributed by atoms with van der Waals surface area (Å²) in [6, 6.07) is 0. The van der Waals surface area contributed by atoms with Crippen molar-refractivity contribution in [1.29, 1.82) is 0 Å². The van der Waals surface area contributed by atoms with Crippen molar-refractivity contribution in [1.82, 2.24) is 9.78 Å². The number of allylic oxidation sites excluding steroid dienone is 1. The number of rotatable bonds is 3. The first-order valence-electron chi connectivity index (χ1n) is 6.07. The van der Waals surface area contributed by atoms with Crippen LogP contribution in [0.25, 0.3) is 0 Å². The molecule has 2 heterocycles. The van der Waals surface area contributed by atoms with E-state index in [1.807, 2.05) is 0 Å². The second-order valence-electron chi connectivity index (χ2n) is 4.23. The molecule has 1 aliphatic heterocycles. The van der Waals surface area contributed by atoms with Crippen LogP contribution in [0.1, 0.15) is 26.5 Å². The third-order valence-electron chi connectivity index (χ3n) is 3.14. The lowest BCUT2D eigenvalue weighted by Gasteiger charge is -2.14. The minimum atomic E-state index is -0.739. The molecule has 0 atom stereocenters. The number of nitrogens with zero attached hydrogens (tertiary/aromatic N) is 2. The van der Waals surface area contributed by atoms with E-state index in [0.717, 1.165) is 0 Å². The summed E-state index contributed by atoms with van der Waals surface area (Å²) >= 11 is 0. The average Bonchev–Trinajstić information content (AvgIpc) is 2.90. The van der Waals surface area contributed by atoms with Crippen molar-refractivity contribution < 1.29 is 28.6 Å². The highest BCUT2D eigenvalue weighted by Crippen LogP contribution is 2.24. The SMILES string of the molecule is COC(=O)C1=CCn2nc(C(=O)OC)c(C(=O)OC)c2C1. The largest absolute Gasteiger partial charge is 0.466 e. The zero-order chi connectivity index (χ0) is 15.6. The molecule has 0 unspecified atom stereocenters. The van der Waals surface area contributed by atoms with Gasteiger partial charge in [-0.15, -0.1) is 0 Å². The number of aromatic nitrogens is 2. The number of fused-ring (bicyclic) bond motifs is 1. The quantitative estimate of drug-likeness (QED) is 0.576. The van der Waals surface area contributed by atoms with Crippen LogP contribution in [0.4, 0.5) is 0 Å². The second kappa shape index (κ2) is 5.78. The van der Waals surface area contributed by atoms with Crippen molar-refractivity contribution in [2.75, 3.05) is 21.3 Å². The molecule has 0 aromatic carbocycles. The van der Waals surface area contributed by atoms with Crippen LogP contribution < -0.4 is 0 Å². The molecule has 0 aliphatic carbocycles. The predicted molar refractivity (Wildman–Crippen MR) is 68.7 cm³/mol. The van der Waals surface area contributed by atoms with Gasteiger partial charge >= 0.3 is 17.9 Å². The van der Waals surface area contributed by atoms with Gasteiger partial charge in [-0.1, -0.05) is 6.08 Å². The van der Waals surface area contributed by atoms with Crippen molar-refractivity contribution >= 4 is 17.9 Å². The first kappa shape index (κ1) is 14.8. The molecule has 1 aromatic rings. The minimum absolute atomic E-state index is 0.0128. The first-order valence-corrected chi connectivity index (χ1v) is 6.07. The average molecular weight is 294 g/mol. The molecule has 0 spiro atoms. The highest BCUT2D eigenvalue weighted by atomic mass is 16.5. The molecule has 0 saturated carbocycles. The van der Waals surface area contributed by atoms with Crippen LogP contribution in [-0.2, 0) is 32.0 Å². The van der Waals surface area contributed by atoms with E-state index < -0.39 is 17.9 Å². The molecule has 0 fully saturated rings. The lowest BCUT2D eigenvalue weighted by Crippen LogP contribution is -2.19. The summed E-state index contributed by atoms with van der Waals surface area (Å²) in [5, 5.41) is 4.05. The van der Waals surface area contributed by atoms with Crippen LogP contribution in [0.3, 0.4) is 0 Å². The third kappa shape index (κ3) is 2.51. The Labute approximate surface area is 120 Å². The van der Waals surface area contributed by atoms with Crippen LogP contribution in [0.2, 0.25) is 0 Å². The monoisotopic (exact) mass is 294 g/mol. The van der Waals surface area contributed by atoms with Gasteiger partial charge in [0.15, 0.2) is 5.69 Å². The highest BCUT2D eigenvalue weighted by Gasteiger charge is 2.32. The zero-order valence-electron chi connectivity index (χ0n) is 11.8. The zero-order valence-corrected chi connectivity index (χ0v) is 11.8. The van der Waals surface area contributed by atoms with Crippen LogP contribution in [0.15, 0.2) is 11.6 Å². The van der Waals surface area contributed by atoms with Gasteiger partial charge in [0.25, 0.3) is 0 Å². The highest BCUT2D eigenvalue weighted by molar-refractivity contribution is 6.03. The van der Waals surface area contributed by atoms with Gasteiger partial charge in [-0.3, -0.25) is 4.68 Å². The van der Waals surface area contributed by atoms with E-state index in [9.17, 15) is 14.4 Å². The molecule has 1 aliphatic rings. The van der Waals surface area contributed by atoms with Crippen molar-refractivity contribution in [3.8, 4) is 0 Å². The standard InChI is InChI=1S/C13H14N2O6/c1-19-11(16)7-4-5-15-8(6-7)9(12(17)20-2)10(14-15)13(18)21-3/h4H,5-6H2,1-3H3. The van der Waals surface area contributed by atoms with Gasteiger partial charge in [-0.05, 0) is 0 Å². The Bertz CT molecular complexity index is 643. The lowest BCUT2D eigenvalue weighted by molar-refractivity contribution is -0.136. The Morgan fingerprint density at radius 3 is 2.24 bits per heavy atom. The lowest BCUT2D eigenvalue weighted by atomic mass is 10.0. The van der Waals surface area contributed by atoms with E-state index in [1.165, 1.54) is 26.0 Å². The number of ether oxygens (including phenoxy) is 3. The van der Waals surface area contributed by atoms with Crippen LogP contribution in [0.5, 0.6) is 0 Å². The third-order valence-corrected chi connectivity index (χ3v) is 3.14. The predicted octanol–water partition coefficient (Wildman–Crippen LogP) is 0.112. The normalized spacial score (nSPS) is 13.0. The van der Waals surface area contributed by atoms with Crippen molar-refractivity contribution in [2.24, 2.45) is 0 Å². The van der Waals surface area contributed by atoms with E-state index in [1.54, 1.807) is 6.08 Å². The van der Waals surface area contributed by atoms with E-state index >= 15 is 0 Å². The number of esters is 3. The molecule has 112 valence electrons. The van der Waals surface area contributed by atoms with Gasteiger partial charge in [-0.25, -0.2) is 14.4 Å². The second-order valence-corrected chi connectivity index (χ2v) is 4.23. The molecule has 0 radical (unpaired) electrons. The van der Waals surface area contributed by atoms with Gasteiger partial charge in [0, 0.05) is 12.0 Å². The Morgan fingerprint density at radius 1 is 1.05 bits per heavy atom. The van der Waals surface area contributed by atoms with E-state index in [-0.39, 0.29) is 24.2 Å². The summed E-state index contributed by atoms with van der Waals surface area (Å²) < 4.78 is 15.4. The maximum atomic E-state index is 11.9. The molecule has 21 heavy (non-hydrogen) atoms. The summed E-state index contributed by atoms with van der Waals surface area (Å²) in [6.07, 6.45) is 1.76. The molecule has 8 heteroatoms. The van der Waals surface area contributed by atoms with Crippen molar-refractivity contribution in [2.45, 2.75) is 13.0 Å². The molecular formula is C13H14N2O6. The molecular weight excluding hydrogens is 280 g/mol. The number of carbonyl (C=O) groups excluding carboxylic acids is 3. The van der Waals surface area contributed by atoms with Gasteiger partial charge in [-0.2, -0.15) is 5.10 Å². The fourth-order valence-electron chi connectivity index (χ4n) is 2.12. The summed E-state index contributed by atoms with van der Waals surface area (Å²) in [6.45, 7) is 0.251. The summed E-state index contributed by atoms with van der Waals surface area (Å²) in [4.78, 5) is 35.2. The topological polar surface area (TPSA) is 96.7 Å². The number of hydrogen-bond donors (Lipinski definition) is 0. The molecule has 1 aromatic heterocycles. The van der Waals surface area contributed by atoms with Gasteiger partial charge in [0.05, 0.1) is 33.6 Å². The molecule has 8 nitrogen and oxygen atoms in total. The maximum absolute atomic E-state index is 11.9. The number of methoxy groups -OCH3 is 3. The van der Waals surface area contributed by atoms with Gasteiger partial charge < -0.3 is 14.2 Å². The molecule has 0 saturated heterocycles. The van der Waals surface area contributed by atoms with E-state index in [0.29, 0.717) is 11.3 Å². The fourth-order valence-corrected chi connectivity index (χ4v) is 2.12. The summed E-state index contributed by atoms with van der Waals surface area (Å²) in [7, 11) is 3.67. The Kier molecular flexibility index (Phi) is 4.06. The minimum Gasteiger partial charge on any atom is -0.466 e. The van der Waals surface area contributed by atoms with Crippen molar-refractivity contribution in [3.05, 3.63) is 28.6 Å². The van der Waals surface area contributed by atoms with Crippen molar-refractivity contribution in [3.63, 3.8) is 0 Å². The molecule has 0 N–H and O–H groups in total. The summed E-state index contributed by atoms with van der Waals surface area (Å²) in [5.74, 6) is -1.93.